The molecule has 0 heterocycles. The minimum Gasteiger partial charge on any atom is -0.452 e. The number of non-ortho nitro benzene ring substituents is 1. The number of rotatable bonds is 8. The molecule has 0 atom stereocenters. The maximum Gasteiger partial charge on any atom is 0.339 e. The molecule has 11 heteroatoms. The van der Waals surface area contributed by atoms with Crippen LogP contribution in [0.1, 0.15) is 10.4 Å². The quantitative estimate of drug-likeness (QED) is 0.236. The van der Waals surface area contributed by atoms with Crippen LogP contribution in [0.25, 0.3) is 0 Å². The number of carbonyl (C=O) groups is 2. The summed E-state index contributed by atoms with van der Waals surface area (Å²) in [6.45, 7) is -0.507. The van der Waals surface area contributed by atoms with Gasteiger partial charge in [0, 0.05) is 17.8 Å². The summed E-state index contributed by atoms with van der Waals surface area (Å²) in [5.74, 6) is -1.43. The van der Waals surface area contributed by atoms with Gasteiger partial charge in [-0.25, -0.2) is 4.79 Å². The number of nitro groups is 1. The van der Waals surface area contributed by atoms with Gasteiger partial charge in [-0.15, -0.1) is 0 Å². The van der Waals surface area contributed by atoms with Crippen molar-refractivity contribution in [2.45, 2.75) is 4.90 Å². The molecule has 3 aromatic carbocycles. The summed E-state index contributed by atoms with van der Waals surface area (Å²) in [5.41, 5.74) is 0.224. The molecule has 0 aliphatic carbocycles. The largest absolute Gasteiger partial charge is 0.452 e. The molecule has 3 aromatic rings. The Morgan fingerprint density at radius 3 is 2.28 bits per heavy atom. The average Bonchev–Trinajstić information content (AvgIpc) is 2.78. The Morgan fingerprint density at radius 1 is 0.938 bits per heavy atom. The topological polar surface area (TPSA) is 142 Å². The summed E-state index contributed by atoms with van der Waals surface area (Å²) in [5, 5.41) is 13.4. The van der Waals surface area contributed by atoms with E-state index in [1.165, 1.54) is 30.3 Å². The first-order valence-corrected chi connectivity index (χ1v) is 10.5. The second kappa shape index (κ2) is 9.71. The predicted molar refractivity (Wildman–Crippen MR) is 113 cm³/mol. The van der Waals surface area contributed by atoms with Crippen LogP contribution in [0.3, 0.4) is 0 Å². The van der Waals surface area contributed by atoms with Gasteiger partial charge >= 0.3 is 16.1 Å². The fraction of sp³-hybridized carbons (Fsp3) is 0.0476. The van der Waals surface area contributed by atoms with Gasteiger partial charge in [0.1, 0.15) is 10.6 Å². The number of hydrogen-bond acceptors (Lipinski definition) is 8. The molecular formula is C21H16N2O8S. The number of amides is 1. The van der Waals surface area contributed by atoms with E-state index >= 15 is 0 Å². The van der Waals surface area contributed by atoms with Crippen LogP contribution in [0.2, 0.25) is 0 Å². The monoisotopic (exact) mass is 456 g/mol. The smallest absolute Gasteiger partial charge is 0.339 e. The minimum absolute atomic E-state index is 0.0672. The SMILES string of the molecule is O=C(COC(=O)c1ccc(OS(=O)(=O)c2cccc([N+](=O)[O-])c2)cc1)Nc1ccccc1. The zero-order chi connectivity index (χ0) is 23.1. The van der Waals surface area contributed by atoms with E-state index in [-0.39, 0.29) is 16.2 Å². The second-order valence-electron chi connectivity index (χ2n) is 6.31. The number of nitrogens with one attached hydrogen (secondary N) is 1. The molecule has 1 N–H and O–H groups in total. The van der Waals surface area contributed by atoms with Gasteiger partial charge in [0.15, 0.2) is 6.61 Å². The Kier molecular flexibility index (Phi) is 6.80. The van der Waals surface area contributed by atoms with Crippen molar-refractivity contribution in [3.63, 3.8) is 0 Å². The van der Waals surface area contributed by atoms with Crippen molar-refractivity contribution in [2.75, 3.05) is 11.9 Å². The third-order valence-corrected chi connectivity index (χ3v) is 5.25. The van der Waals surface area contributed by atoms with E-state index in [1.54, 1.807) is 30.3 Å². The Hall–Kier alpha value is -4.25. The molecule has 10 nitrogen and oxygen atoms in total. The zero-order valence-corrected chi connectivity index (χ0v) is 17.2. The normalized spacial score (nSPS) is 10.8. The number of para-hydroxylation sites is 1. The Bertz CT molecular complexity index is 1240. The first kappa shape index (κ1) is 22.4. The van der Waals surface area contributed by atoms with E-state index in [0.29, 0.717) is 5.69 Å². The van der Waals surface area contributed by atoms with E-state index in [0.717, 1.165) is 18.2 Å². The van der Waals surface area contributed by atoms with Crippen LogP contribution < -0.4 is 9.50 Å². The standard InChI is InChI=1S/C21H16N2O8S/c24-20(22-16-5-2-1-3-6-16)14-30-21(25)15-9-11-18(12-10-15)31-32(28,29)19-8-4-7-17(13-19)23(26)27/h1-13H,14H2,(H,22,24). The summed E-state index contributed by atoms with van der Waals surface area (Å²) < 4.78 is 34.6. The van der Waals surface area contributed by atoms with Crippen LogP contribution >= 0.6 is 0 Å². The van der Waals surface area contributed by atoms with Crippen LogP contribution in [-0.2, 0) is 19.6 Å². The molecule has 0 aliphatic rings. The lowest BCUT2D eigenvalue weighted by Crippen LogP contribution is -2.20. The van der Waals surface area contributed by atoms with Gasteiger partial charge in [0.25, 0.3) is 11.6 Å². The lowest BCUT2D eigenvalue weighted by molar-refractivity contribution is -0.385. The number of hydrogen-bond donors (Lipinski definition) is 1. The van der Waals surface area contributed by atoms with Crippen LogP contribution in [-0.4, -0.2) is 31.8 Å². The van der Waals surface area contributed by atoms with E-state index in [9.17, 15) is 28.1 Å². The number of nitrogens with zero attached hydrogens (tertiary/aromatic N) is 1. The fourth-order valence-corrected chi connectivity index (χ4v) is 3.48. The molecule has 0 bridgehead atoms. The summed E-state index contributed by atoms with van der Waals surface area (Å²) in [6.07, 6.45) is 0. The lowest BCUT2D eigenvalue weighted by atomic mass is 10.2. The highest BCUT2D eigenvalue weighted by Gasteiger charge is 2.20. The summed E-state index contributed by atoms with van der Waals surface area (Å²) >= 11 is 0. The van der Waals surface area contributed by atoms with E-state index < -0.39 is 39.2 Å². The highest BCUT2D eigenvalue weighted by molar-refractivity contribution is 7.87. The molecule has 1 amide bonds. The average molecular weight is 456 g/mol. The van der Waals surface area contributed by atoms with Crippen molar-refractivity contribution in [3.05, 3.63) is 94.5 Å². The highest BCUT2D eigenvalue weighted by Crippen LogP contribution is 2.22. The maximum absolute atomic E-state index is 12.3. The van der Waals surface area contributed by atoms with Crippen LogP contribution in [0.15, 0.2) is 83.8 Å². The molecule has 32 heavy (non-hydrogen) atoms. The second-order valence-corrected chi connectivity index (χ2v) is 7.85. The van der Waals surface area contributed by atoms with E-state index in [4.69, 9.17) is 8.92 Å². The number of esters is 1. The molecule has 0 aromatic heterocycles. The van der Waals surface area contributed by atoms with Crippen molar-refractivity contribution in [1.29, 1.82) is 0 Å². The van der Waals surface area contributed by atoms with E-state index in [1.807, 2.05) is 0 Å². The Morgan fingerprint density at radius 2 is 1.62 bits per heavy atom. The number of ether oxygens (including phenoxy) is 1. The third-order valence-electron chi connectivity index (χ3n) is 4.00. The van der Waals surface area contributed by atoms with Crippen LogP contribution in [0.4, 0.5) is 11.4 Å². The van der Waals surface area contributed by atoms with Crippen molar-refractivity contribution in [3.8, 4) is 5.75 Å². The molecule has 0 aliphatic heterocycles. The van der Waals surface area contributed by atoms with Gasteiger partial charge in [-0.05, 0) is 42.5 Å². The first-order chi connectivity index (χ1) is 15.2. The number of nitro benzene ring substituents is 1. The van der Waals surface area contributed by atoms with Crippen LogP contribution in [0.5, 0.6) is 5.75 Å². The maximum atomic E-state index is 12.3. The zero-order valence-electron chi connectivity index (χ0n) is 16.3. The molecule has 164 valence electrons. The number of anilines is 1. The van der Waals surface area contributed by atoms with Crippen molar-refractivity contribution >= 4 is 33.4 Å². The third kappa shape index (κ3) is 5.89. The molecular weight excluding hydrogens is 440 g/mol. The molecule has 0 fully saturated rings. The summed E-state index contributed by atoms with van der Waals surface area (Å²) in [6, 6.07) is 18.0. The van der Waals surface area contributed by atoms with Crippen molar-refractivity contribution in [2.24, 2.45) is 0 Å². The van der Waals surface area contributed by atoms with Gasteiger partial charge in [-0.1, -0.05) is 24.3 Å². The molecule has 0 saturated heterocycles. The molecule has 0 saturated carbocycles. The van der Waals surface area contributed by atoms with Crippen LogP contribution in [0, 0.1) is 10.1 Å². The molecule has 0 radical (unpaired) electrons. The van der Waals surface area contributed by atoms with Crippen molar-refractivity contribution in [1.82, 2.24) is 0 Å². The number of carbonyl (C=O) groups excluding carboxylic acids is 2. The Labute approximate surface area is 182 Å². The highest BCUT2D eigenvalue weighted by atomic mass is 32.2. The molecule has 0 spiro atoms. The summed E-state index contributed by atoms with van der Waals surface area (Å²) in [4.78, 5) is 33.7. The molecule has 3 rings (SSSR count). The lowest BCUT2D eigenvalue weighted by Gasteiger charge is -2.08. The minimum atomic E-state index is -4.33. The predicted octanol–water partition coefficient (Wildman–Crippen LogP) is 3.16. The molecule has 0 unspecified atom stereocenters. The first-order valence-electron chi connectivity index (χ1n) is 9.06. The van der Waals surface area contributed by atoms with Gasteiger partial charge in [-0.2, -0.15) is 8.42 Å². The van der Waals surface area contributed by atoms with E-state index in [2.05, 4.69) is 5.32 Å². The van der Waals surface area contributed by atoms with Gasteiger partial charge < -0.3 is 14.2 Å². The summed E-state index contributed by atoms with van der Waals surface area (Å²) in [7, 11) is -4.33. The fourth-order valence-electron chi connectivity index (χ4n) is 2.51. The Balaban J connectivity index is 1.59. The van der Waals surface area contributed by atoms with Gasteiger partial charge in [-0.3, -0.25) is 14.9 Å². The van der Waals surface area contributed by atoms with Gasteiger partial charge in [0.05, 0.1) is 10.5 Å². The van der Waals surface area contributed by atoms with Gasteiger partial charge in [0.2, 0.25) is 0 Å². The number of benzene rings is 3. The van der Waals surface area contributed by atoms with Crippen molar-refractivity contribution < 1.29 is 31.9 Å².